The lowest BCUT2D eigenvalue weighted by Crippen LogP contribution is -2.29. The predicted octanol–water partition coefficient (Wildman–Crippen LogP) is 2.21. The first-order valence-electron chi connectivity index (χ1n) is 6.26. The molecule has 1 atom stereocenters. The molecule has 1 aliphatic rings. The fourth-order valence-electron chi connectivity index (χ4n) is 2.20. The van der Waals surface area contributed by atoms with Gasteiger partial charge in [0.05, 0.1) is 18.2 Å². The lowest BCUT2D eigenvalue weighted by Gasteiger charge is -2.22. The summed E-state index contributed by atoms with van der Waals surface area (Å²) in [6, 6.07) is 6.34. The highest BCUT2D eigenvalue weighted by atomic mass is 19.1. The molecule has 1 N–H and O–H groups in total. The van der Waals surface area contributed by atoms with Gasteiger partial charge in [-0.3, -0.25) is 0 Å². The molecule has 1 heterocycles. The number of hydrogen-bond donors (Lipinski definition) is 1. The lowest BCUT2D eigenvalue weighted by molar-refractivity contribution is 0.0547. The highest BCUT2D eigenvalue weighted by Gasteiger charge is 2.13. The quantitative estimate of drug-likeness (QED) is 0.888. The van der Waals surface area contributed by atoms with E-state index in [0.29, 0.717) is 23.6 Å². The molecule has 18 heavy (non-hydrogen) atoms. The molecule has 1 unspecified atom stereocenters. The molecule has 1 saturated heterocycles. The first-order chi connectivity index (χ1) is 8.79. The monoisotopic (exact) mass is 248 g/mol. The zero-order chi connectivity index (χ0) is 12.8. The summed E-state index contributed by atoms with van der Waals surface area (Å²) in [6.45, 7) is 3.03. The maximum absolute atomic E-state index is 13.1. The van der Waals surface area contributed by atoms with Crippen LogP contribution in [0.3, 0.4) is 0 Å². The average Bonchev–Trinajstić information content (AvgIpc) is 2.40. The maximum atomic E-state index is 13.1. The van der Waals surface area contributed by atoms with Gasteiger partial charge in [0, 0.05) is 19.7 Å². The Kier molecular flexibility index (Phi) is 4.68. The van der Waals surface area contributed by atoms with Gasteiger partial charge in [0.25, 0.3) is 0 Å². The summed E-state index contributed by atoms with van der Waals surface area (Å²) >= 11 is 0. The van der Waals surface area contributed by atoms with Crippen molar-refractivity contribution in [3.05, 3.63) is 35.1 Å². The second-order valence-corrected chi connectivity index (χ2v) is 4.63. The molecule has 4 heteroatoms. The molecule has 1 aliphatic heterocycles. The first kappa shape index (κ1) is 13.0. The highest BCUT2D eigenvalue weighted by molar-refractivity contribution is 5.37. The molecule has 1 fully saturated rings. The molecule has 0 aromatic heterocycles. The van der Waals surface area contributed by atoms with E-state index in [2.05, 4.69) is 11.4 Å². The number of nitriles is 1. The van der Waals surface area contributed by atoms with Crippen molar-refractivity contribution in [2.75, 3.05) is 19.8 Å². The van der Waals surface area contributed by atoms with Crippen LogP contribution in [0.5, 0.6) is 0 Å². The van der Waals surface area contributed by atoms with Crippen molar-refractivity contribution in [1.82, 2.24) is 5.32 Å². The molecule has 0 amide bonds. The van der Waals surface area contributed by atoms with Crippen molar-refractivity contribution in [2.24, 2.45) is 5.92 Å². The Hall–Kier alpha value is -1.44. The lowest BCUT2D eigenvalue weighted by atomic mass is 10.0. The van der Waals surface area contributed by atoms with E-state index >= 15 is 0 Å². The largest absolute Gasteiger partial charge is 0.381 e. The molecule has 2 rings (SSSR count). The zero-order valence-corrected chi connectivity index (χ0v) is 10.3. The van der Waals surface area contributed by atoms with Crippen LogP contribution >= 0.6 is 0 Å². The molecule has 0 spiro atoms. The molecule has 96 valence electrons. The number of hydrogen-bond acceptors (Lipinski definition) is 3. The van der Waals surface area contributed by atoms with Gasteiger partial charge < -0.3 is 10.1 Å². The van der Waals surface area contributed by atoms with E-state index in [1.807, 2.05) is 0 Å². The molecular formula is C14H17FN2O. The number of nitrogens with one attached hydrogen (secondary N) is 1. The Morgan fingerprint density at radius 2 is 2.39 bits per heavy atom. The van der Waals surface area contributed by atoms with Crippen molar-refractivity contribution in [1.29, 1.82) is 5.26 Å². The Bertz CT molecular complexity index is 436. The maximum Gasteiger partial charge on any atom is 0.123 e. The summed E-state index contributed by atoms with van der Waals surface area (Å²) in [5.74, 6) is 0.227. The smallest absolute Gasteiger partial charge is 0.123 e. The van der Waals surface area contributed by atoms with Crippen LogP contribution in [0.4, 0.5) is 4.39 Å². The zero-order valence-electron chi connectivity index (χ0n) is 10.3. The predicted molar refractivity (Wildman–Crippen MR) is 66.4 cm³/mol. The third kappa shape index (κ3) is 3.52. The third-order valence-corrected chi connectivity index (χ3v) is 3.19. The topological polar surface area (TPSA) is 45.0 Å². The van der Waals surface area contributed by atoms with Gasteiger partial charge >= 0.3 is 0 Å². The molecule has 0 saturated carbocycles. The molecule has 1 aromatic carbocycles. The molecular weight excluding hydrogens is 231 g/mol. The minimum atomic E-state index is -0.299. The minimum Gasteiger partial charge on any atom is -0.381 e. The van der Waals surface area contributed by atoms with E-state index in [1.54, 1.807) is 0 Å². The highest BCUT2D eigenvalue weighted by Crippen LogP contribution is 2.13. The summed E-state index contributed by atoms with van der Waals surface area (Å²) in [4.78, 5) is 0. The van der Waals surface area contributed by atoms with Crippen LogP contribution in [0.25, 0.3) is 0 Å². The van der Waals surface area contributed by atoms with E-state index in [4.69, 9.17) is 10.00 Å². The van der Waals surface area contributed by atoms with Crippen molar-refractivity contribution < 1.29 is 9.13 Å². The Balaban J connectivity index is 1.86. The average molecular weight is 248 g/mol. The number of ether oxygens (including phenoxy) is 1. The molecule has 0 bridgehead atoms. The fraction of sp³-hybridized carbons (Fsp3) is 0.500. The summed E-state index contributed by atoms with van der Waals surface area (Å²) in [6.07, 6.45) is 2.27. The van der Waals surface area contributed by atoms with E-state index in [1.165, 1.54) is 24.6 Å². The summed E-state index contributed by atoms with van der Waals surface area (Å²) < 4.78 is 18.5. The number of rotatable bonds is 4. The van der Waals surface area contributed by atoms with Gasteiger partial charge in [0.2, 0.25) is 0 Å². The van der Waals surface area contributed by atoms with Crippen molar-refractivity contribution >= 4 is 0 Å². The Morgan fingerprint density at radius 3 is 3.11 bits per heavy atom. The van der Waals surface area contributed by atoms with Gasteiger partial charge in [-0.15, -0.1) is 0 Å². The van der Waals surface area contributed by atoms with Gasteiger partial charge in [-0.2, -0.15) is 5.26 Å². The number of benzene rings is 1. The van der Waals surface area contributed by atoms with Gasteiger partial charge in [-0.1, -0.05) is 0 Å². The molecule has 0 aliphatic carbocycles. The SMILES string of the molecule is N#Cc1ccc(F)cc1CNCC1CCCOC1. The second kappa shape index (κ2) is 6.48. The molecule has 1 aromatic rings. The number of nitrogens with zero attached hydrogens (tertiary/aromatic N) is 1. The van der Waals surface area contributed by atoms with Crippen LogP contribution in [0.1, 0.15) is 24.0 Å². The standard InChI is InChI=1S/C14H17FN2O/c15-14-4-3-12(7-16)13(6-14)9-17-8-11-2-1-5-18-10-11/h3-4,6,11,17H,1-2,5,8-10H2. The van der Waals surface area contributed by atoms with Crippen LogP contribution in [0.2, 0.25) is 0 Å². The van der Waals surface area contributed by atoms with Crippen LogP contribution < -0.4 is 5.32 Å². The Labute approximate surface area is 107 Å². The third-order valence-electron chi connectivity index (χ3n) is 3.19. The fourth-order valence-corrected chi connectivity index (χ4v) is 2.20. The van der Waals surface area contributed by atoms with Crippen LogP contribution in [0, 0.1) is 23.1 Å². The molecule has 3 nitrogen and oxygen atoms in total. The Morgan fingerprint density at radius 1 is 1.50 bits per heavy atom. The van der Waals surface area contributed by atoms with Gasteiger partial charge in [0.1, 0.15) is 5.82 Å². The first-order valence-corrected chi connectivity index (χ1v) is 6.26. The van der Waals surface area contributed by atoms with Gasteiger partial charge in [-0.05, 0) is 42.5 Å². The van der Waals surface area contributed by atoms with Crippen molar-refractivity contribution in [3.8, 4) is 6.07 Å². The van der Waals surface area contributed by atoms with E-state index < -0.39 is 0 Å². The van der Waals surface area contributed by atoms with Crippen molar-refractivity contribution in [3.63, 3.8) is 0 Å². The van der Waals surface area contributed by atoms with Crippen LogP contribution in [-0.4, -0.2) is 19.8 Å². The van der Waals surface area contributed by atoms with Gasteiger partial charge in [-0.25, -0.2) is 4.39 Å². The summed E-state index contributed by atoms with van der Waals surface area (Å²) in [7, 11) is 0. The second-order valence-electron chi connectivity index (χ2n) is 4.63. The molecule has 0 radical (unpaired) electrons. The van der Waals surface area contributed by atoms with Crippen LogP contribution in [0.15, 0.2) is 18.2 Å². The normalized spacial score (nSPS) is 19.4. The van der Waals surface area contributed by atoms with Gasteiger partial charge in [0.15, 0.2) is 0 Å². The number of halogens is 1. The van der Waals surface area contributed by atoms with Crippen molar-refractivity contribution in [2.45, 2.75) is 19.4 Å². The summed E-state index contributed by atoms with van der Waals surface area (Å²) in [5.41, 5.74) is 1.25. The van der Waals surface area contributed by atoms with E-state index in [9.17, 15) is 4.39 Å². The van der Waals surface area contributed by atoms with E-state index in [0.717, 1.165) is 26.2 Å². The summed E-state index contributed by atoms with van der Waals surface area (Å²) in [5, 5.41) is 12.2. The van der Waals surface area contributed by atoms with Crippen LogP contribution in [-0.2, 0) is 11.3 Å². The van der Waals surface area contributed by atoms with E-state index in [-0.39, 0.29) is 5.82 Å². The minimum absolute atomic E-state index is 0.299.